The van der Waals surface area contributed by atoms with E-state index in [-0.39, 0.29) is 5.75 Å². The molecule has 0 spiro atoms. The van der Waals surface area contributed by atoms with E-state index >= 15 is 0 Å². The molecule has 0 N–H and O–H groups in total. The first kappa shape index (κ1) is 14.3. The zero-order valence-electron chi connectivity index (χ0n) is 9.08. The molecule has 2 aromatic rings. The lowest BCUT2D eigenvalue weighted by Crippen LogP contribution is -2.16. The van der Waals surface area contributed by atoms with E-state index in [1.807, 2.05) is 0 Å². The van der Waals surface area contributed by atoms with Crippen LogP contribution in [0.15, 0.2) is 39.5 Å². The summed E-state index contributed by atoms with van der Waals surface area (Å²) in [5.74, 6) is 0.102. The summed E-state index contributed by atoms with van der Waals surface area (Å²) < 4.78 is 41.0. The predicted octanol–water partition coefficient (Wildman–Crippen LogP) is 4.57. The Morgan fingerprint density at radius 2 is 1.47 bits per heavy atom. The Morgan fingerprint density at radius 3 is 1.95 bits per heavy atom. The first-order chi connectivity index (χ1) is 8.83. The van der Waals surface area contributed by atoms with Gasteiger partial charge in [-0.2, -0.15) is 0 Å². The Bertz CT molecular complexity index is 567. The Kier molecular flexibility index (Phi) is 4.10. The highest BCUT2D eigenvalue weighted by molar-refractivity contribution is 9.11. The second-order valence-corrected chi connectivity index (χ2v) is 5.03. The molecule has 1 aromatic carbocycles. The van der Waals surface area contributed by atoms with Gasteiger partial charge in [-0.05, 0) is 56.1 Å². The highest BCUT2D eigenvalue weighted by atomic mass is 79.9. The van der Waals surface area contributed by atoms with Gasteiger partial charge in [0.1, 0.15) is 15.0 Å². The van der Waals surface area contributed by atoms with Gasteiger partial charge in [0.25, 0.3) is 0 Å². The van der Waals surface area contributed by atoms with Gasteiger partial charge in [0.15, 0.2) is 5.82 Å². The van der Waals surface area contributed by atoms with Crippen molar-refractivity contribution in [2.75, 3.05) is 0 Å². The SMILES string of the molecule is FC(F)(F)Oc1ccc(-c2nc(Br)cc(Br)n2)cc1. The molecule has 0 saturated heterocycles. The van der Waals surface area contributed by atoms with E-state index in [4.69, 9.17) is 0 Å². The number of rotatable bonds is 2. The molecule has 0 aliphatic heterocycles. The highest BCUT2D eigenvalue weighted by Crippen LogP contribution is 2.26. The molecule has 3 nitrogen and oxygen atoms in total. The van der Waals surface area contributed by atoms with Crippen LogP contribution in [0, 0.1) is 0 Å². The average Bonchev–Trinajstić information content (AvgIpc) is 2.26. The van der Waals surface area contributed by atoms with Crippen LogP contribution < -0.4 is 4.74 Å². The smallest absolute Gasteiger partial charge is 0.406 e. The first-order valence-electron chi connectivity index (χ1n) is 4.90. The van der Waals surface area contributed by atoms with E-state index in [0.29, 0.717) is 20.6 Å². The van der Waals surface area contributed by atoms with Crippen LogP contribution in [-0.4, -0.2) is 16.3 Å². The number of ether oxygens (including phenoxy) is 1. The molecule has 0 amide bonds. The summed E-state index contributed by atoms with van der Waals surface area (Å²) in [7, 11) is 0. The van der Waals surface area contributed by atoms with E-state index in [1.165, 1.54) is 24.3 Å². The third-order valence-electron chi connectivity index (χ3n) is 2.01. The molecular formula is C11H5Br2F3N2O. The van der Waals surface area contributed by atoms with Crippen molar-refractivity contribution in [1.82, 2.24) is 9.97 Å². The van der Waals surface area contributed by atoms with Crippen LogP contribution in [0.25, 0.3) is 11.4 Å². The van der Waals surface area contributed by atoms with E-state index in [9.17, 15) is 13.2 Å². The first-order valence-corrected chi connectivity index (χ1v) is 6.48. The molecule has 1 heterocycles. The Morgan fingerprint density at radius 1 is 0.947 bits per heavy atom. The summed E-state index contributed by atoms with van der Waals surface area (Å²) >= 11 is 6.42. The summed E-state index contributed by atoms with van der Waals surface area (Å²) in [6.45, 7) is 0. The highest BCUT2D eigenvalue weighted by Gasteiger charge is 2.30. The van der Waals surface area contributed by atoms with Crippen molar-refractivity contribution in [1.29, 1.82) is 0 Å². The predicted molar refractivity (Wildman–Crippen MR) is 69.6 cm³/mol. The number of hydrogen-bond acceptors (Lipinski definition) is 3. The van der Waals surface area contributed by atoms with Gasteiger partial charge in [-0.25, -0.2) is 9.97 Å². The quantitative estimate of drug-likeness (QED) is 0.696. The molecular weight excluding hydrogens is 393 g/mol. The van der Waals surface area contributed by atoms with Crippen molar-refractivity contribution in [3.05, 3.63) is 39.5 Å². The lowest BCUT2D eigenvalue weighted by Gasteiger charge is -2.09. The fraction of sp³-hybridized carbons (Fsp3) is 0.0909. The van der Waals surface area contributed by atoms with E-state index in [2.05, 4.69) is 46.6 Å². The van der Waals surface area contributed by atoms with Gasteiger partial charge in [0, 0.05) is 11.6 Å². The van der Waals surface area contributed by atoms with Gasteiger partial charge in [0.05, 0.1) is 0 Å². The number of alkyl halides is 3. The molecule has 0 radical (unpaired) electrons. The van der Waals surface area contributed by atoms with Crippen LogP contribution >= 0.6 is 31.9 Å². The summed E-state index contributed by atoms with van der Waals surface area (Å²) in [6, 6.07) is 6.98. The minimum Gasteiger partial charge on any atom is -0.406 e. The van der Waals surface area contributed by atoms with Gasteiger partial charge in [-0.15, -0.1) is 13.2 Å². The molecule has 2 rings (SSSR count). The molecule has 0 unspecified atom stereocenters. The van der Waals surface area contributed by atoms with Gasteiger partial charge < -0.3 is 4.74 Å². The van der Waals surface area contributed by atoms with Crippen molar-refractivity contribution in [2.24, 2.45) is 0 Å². The summed E-state index contributed by atoms with van der Waals surface area (Å²) in [5, 5.41) is 0. The standard InChI is InChI=1S/C11H5Br2F3N2O/c12-8-5-9(13)18-10(17-8)6-1-3-7(4-2-6)19-11(14,15)16/h1-5H. The summed E-state index contributed by atoms with van der Waals surface area (Å²) in [4.78, 5) is 8.24. The summed E-state index contributed by atoms with van der Waals surface area (Å²) in [6.07, 6.45) is -4.70. The third kappa shape index (κ3) is 4.17. The molecule has 8 heteroatoms. The van der Waals surface area contributed by atoms with Gasteiger partial charge >= 0.3 is 6.36 Å². The van der Waals surface area contributed by atoms with Crippen molar-refractivity contribution < 1.29 is 17.9 Å². The van der Waals surface area contributed by atoms with Gasteiger partial charge in [-0.1, -0.05) is 0 Å². The largest absolute Gasteiger partial charge is 0.573 e. The van der Waals surface area contributed by atoms with Crippen molar-refractivity contribution >= 4 is 31.9 Å². The van der Waals surface area contributed by atoms with Gasteiger partial charge in [0.2, 0.25) is 0 Å². The number of halogens is 5. The lowest BCUT2D eigenvalue weighted by atomic mass is 10.2. The summed E-state index contributed by atoms with van der Waals surface area (Å²) in [5.41, 5.74) is 0.580. The molecule has 1 aromatic heterocycles. The van der Waals surface area contributed by atoms with E-state index < -0.39 is 6.36 Å². The molecule has 0 fully saturated rings. The van der Waals surface area contributed by atoms with Crippen LogP contribution in [0.4, 0.5) is 13.2 Å². The van der Waals surface area contributed by atoms with Crippen molar-refractivity contribution in [3.63, 3.8) is 0 Å². The maximum absolute atomic E-state index is 12.0. The molecule has 0 atom stereocenters. The molecule has 0 aliphatic rings. The minimum absolute atomic E-state index is 0.287. The average molecular weight is 398 g/mol. The monoisotopic (exact) mass is 396 g/mol. The van der Waals surface area contributed by atoms with Crippen molar-refractivity contribution in [2.45, 2.75) is 6.36 Å². The van der Waals surface area contributed by atoms with Crippen LogP contribution in [0.1, 0.15) is 0 Å². The van der Waals surface area contributed by atoms with Crippen LogP contribution in [0.5, 0.6) is 5.75 Å². The van der Waals surface area contributed by atoms with E-state index in [1.54, 1.807) is 6.07 Å². The van der Waals surface area contributed by atoms with E-state index in [0.717, 1.165) is 0 Å². The van der Waals surface area contributed by atoms with Crippen LogP contribution in [-0.2, 0) is 0 Å². The van der Waals surface area contributed by atoms with Crippen molar-refractivity contribution in [3.8, 4) is 17.1 Å². The number of aromatic nitrogens is 2. The fourth-order valence-electron chi connectivity index (χ4n) is 1.32. The topological polar surface area (TPSA) is 35.0 Å². The molecule has 0 aliphatic carbocycles. The number of hydrogen-bond donors (Lipinski definition) is 0. The second kappa shape index (κ2) is 5.46. The molecule has 19 heavy (non-hydrogen) atoms. The Hall–Kier alpha value is -1.15. The molecule has 100 valence electrons. The zero-order valence-corrected chi connectivity index (χ0v) is 12.3. The number of nitrogens with zero attached hydrogens (tertiary/aromatic N) is 2. The Labute approximate surface area is 123 Å². The van der Waals surface area contributed by atoms with Gasteiger partial charge in [-0.3, -0.25) is 0 Å². The normalized spacial score (nSPS) is 11.4. The van der Waals surface area contributed by atoms with Crippen LogP contribution in [0.3, 0.4) is 0 Å². The Balaban J connectivity index is 2.27. The maximum Gasteiger partial charge on any atom is 0.573 e. The lowest BCUT2D eigenvalue weighted by molar-refractivity contribution is -0.274. The zero-order chi connectivity index (χ0) is 14.0. The molecule has 0 bridgehead atoms. The number of benzene rings is 1. The molecule has 0 saturated carbocycles. The second-order valence-electron chi connectivity index (χ2n) is 3.41. The third-order valence-corrected chi connectivity index (χ3v) is 2.82. The fourth-order valence-corrected chi connectivity index (χ4v) is 2.40. The minimum atomic E-state index is -4.70. The maximum atomic E-state index is 12.0. The van der Waals surface area contributed by atoms with Crippen LogP contribution in [0.2, 0.25) is 0 Å².